The van der Waals surface area contributed by atoms with Crippen LogP contribution in [0, 0.1) is 6.92 Å². The molecule has 1 heterocycles. The van der Waals surface area contributed by atoms with Gasteiger partial charge in [0, 0.05) is 29.6 Å². The van der Waals surface area contributed by atoms with Gasteiger partial charge >= 0.3 is 5.97 Å². The van der Waals surface area contributed by atoms with E-state index in [9.17, 15) is 9.90 Å². The molecule has 3 nitrogen and oxygen atoms in total. The van der Waals surface area contributed by atoms with Crippen LogP contribution < -0.4 is 0 Å². The van der Waals surface area contributed by atoms with Gasteiger partial charge < -0.3 is 9.67 Å². The summed E-state index contributed by atoms with van der Waals surface area (Å²) < 4.78 is 2.23. The fourth-order valence-electron chi connectivity index (χ4n) is 3.93. The Kier molecular flexibility index (Phi) is 4.98. The van der Waals surface area contributed by atoms with Crippen LogP contribution in [-0.2, 0) is 11.3 Å². The maximum atomic E-state index is 11.7. The minimum absolute atomic E-state index is 0.0722. The number of aromatic nitrogens is 1. The minimum Gasteiger partial charge on any atom is -0.481 e. The normalized spacial score (nSPS) is 12.2. The lowest BCUT2D eigenvalue weighted by atomic mass is 9.87. The van der Waals surface area contributed by atoms with Crippen molar-refractivity contribution >= 4 is 16.9 Å². The lowest BCUT2D eigenvalue weighted by Crippen LogP contribution is -2.08. The molecular weight excluding hydrogens is 346 g/mol. The highest BCUT2D eigenvalue weighted by Gasteiger charge is 2.22. The Morgan fingerprint density at radius 3 is 2.46 bits per heavy atom. The van der Waals surface area contributed by atoms with E-state index in [0.29, 0.717) is 0 Å². The van der Waals surface area contributed by atoms with Gasteiger partial charge in [-0.05, 0) is 29.7 Å². The molecule has 0 amide bonds. The molecule has 1 atom stereocenters. The number of hydrogen-bond donors (Lipinski definition) is 1. The molecule has 0 saturated carbocycles. The van der Waals surface area contributed by atoms with Gasteiger partial charge in [-0.1, -0.05) is 78.4 Å². The van der Waals surface area contributed by atoms with Crippen molar-refractivity contribution in [3.63, 3.8) is 0 Å². The molecule has 28 heavy (non-hydrogen) atoms. The summed E-state index contributed by atoms with van der Waals surface area (Å²) >= 11 is 0. The first-order chi connectivity index (χ1) is 13.6. The summed E-state index contributed by atoms with van der Waals surface area (Å²) in [7, 11) is 0. The summed E-state index contributed by atoms with van der Waals surface area (Å²) in [4.78, 5) is 11.7. The number of carboxylic acids is 1. The molecule has 1 aromatic heterocycles. The van der Waals surface area contributed by atoms with Crippen molar-refractivity contribution in [1.82, 2.24) is 4.57 Å². The van der Waals surface area contributed by atoms with E-state index in [2.05, 4.69) is 41.1 Å². The molecule has 4 aromatic rings. The van der Waals surface area contributed by atoms with Crippen molar-refractivity contribution in [1.29, 1.82) is 0 Å². The maximum Gasteiger partial charge on any atom is 0.304 e. The Labute approximate surface area is 164 Å². The van der Waals surface area contributed by atoms with Crippen molar-refractivity contribution in [2.24, 2.45) is 0 Å². The van der Waals surface area contributed by atoms with Gasteiger partial charge in [0.2, 0.25) is 0 Å². The smallest absolute Gasteiger partial charge is 0.304 e. The third-order valence-corrected chi connectivity index (χ3v) is 5.21. The SMILES string of the molecule is Cc1cccc(C(CC(=O)O)c2cn(Cc3ccccc3)c3ccccc23)c1. The molecule has 0 aliphatic heterocycles. The number of hydrogen-bond acceptors (Lipinski definition) is 1. The van der Waals surface area contributed by atoms with Crippen LogP contribution in [0.3, 0.4) is 0 Å². The second-order valence-electron chi connectivity index (χ2n) is 7.28. The van der Waals surface area contributed by atoms with Crippen molar-refractivity contribution in [3.8, 4) is 0 Å². The van der Waals surface area contributed by atoms with Gasteiger partial charge in [-0.25, -0.2) is 0 Å². The third-order valence-electron chi connectivity index (χ3n) is 5.21. The van der Waals surface area contributed by atoms with Crippen molar-refractivity contribution in [3.05, 3.63) is 107 Å². The molecule has 3 aromatic carbocycles. The van der Waals surface area contributed by atoms with Gasteiger partial charge in [-0.3, -0.25) is 4.79 Å². The topological polar surface area (TPSA) is 42.2 Å². The molecule has 1 unspecified atom stereocenters. The summed E-state index contributed by atoms with van der Waals surface area (Å²) in [5.41, 5.74) is 5.61. The second-order valence-corrected chi connectivity index (χ2v) is 7.28. The van der Waals surface area contributed by atoms with Crippen molar-refractivity contribution in [2.75, 3.05) is 0 Å². The van der Waals surface area contributed by atoms with E-state index in [1.54, 1.807) is 0 Å². The molecule has 140 valence electrons. The van der Waals surface area contributed by atoms with Gasteiger partial charge in [-0.2, -0.15) is 0 Å². The standard InChI is InChI=1S/C25H23NO2/c1-18-8-7-11-20(14-18)22(15-25(27)28)23-17-26(16-19-9-3-2-4-10-19)24-13-6-5-12-21(23)24/h2-14,17,22H,15-16H2,1H3,(H,27,28). The molecule has 3 heteroatoms. The van der Waals surface area contributed by atoms with Gasteiger partial charge in [0.15, 0.2) is 0 Å². The number of rotatable bonds is 6. The number of aliphatic carboxylic acids is 1. The van der Waals surface area contributed by atoms with Gasteiger partial charge in [0.1, 0.15) is 0 Å². The minimum atomic E-state index is -0.786. The van der Waals surface area contributed by atoms with Crippen LogP contribution in [0.25, 0.3) is 10.9 Å². The van der Waals surface area contributed by atoms with E-state index in [1.165, 1.54) is 5.56 Å². The Morgan fingerprint density at radius 1 is 0.964 bits per heavy atom. The number of fused-ring (bicyclic) bond motifs is 1. The average molecular weight is 369 g/mol. The number of aryl methyl sites for hydroxylation is 1. The summed E-state index contributed by atoms with van der Waals surface area (Å²) in [6.45, 7) is 2.80. The maximum absolute atomic E-state index is 11.7. The van der Waals surface area contributed by atoms with E-state index in [1.807, 2.05) is 55.5 Å². The molecule has 0 aliphatic rings. The molecular formula is C25H23NO2. The number of benzene rings is 3. The van der Waals surface area contributed by atoms with E-state index < -0.39 is 5.97 Å². The number of carbonyl (C=O) groups is 1. The molecule has 0 saturated heterocycles. The zero-order valence-electron chi connectivity index (χ0n) is 15.9. The van der Waals surface area contributed by atoms with Crippen LogP contribution >= 0.6 is 0 Å². The van der Waals surface area contributed by atoms with E-state index in [-0.39, 0.29) is 12.3 Å². The summed E-state index contributed by atoms with van der Waals surface area (Å²) in [5.74, 6) is -0.967. The Hall–Kier alpha value is -3.33. The number of carboxylic acid groups (broad SMARTS) is 1. The Balaban J connectivity index is 1.84. The molecule has 0 radical (unpaired) electrons. The van der Waals surface area contributed by atoms with Crippen LogP contribution in [0.2, 0.25) is 0 Å². The van der Waals surface area contributed by atoms with Crippen LogP contribution in [0.5, 0.6) is 0 Å². The van der Waals surface area contributed by atoms with Gasteiger partial charge in [0.25, 0.3) is 0 Å². The van der Waals surface area contributed by atoms with E-state index in [0.717, 1.165) is 34.1 Å². The van der Waals surface area contributed by atoms with Crippen LogP contribution in [0.1, 0.15) is 34.6 Å². The average Bonchev–Trinajstić information content (AvgIpc) is 3.05. The Morgan fingerprint density at radius 2 is 1.71 bits per heavy atom. The number of nitrogens with zero attached hydrogens (tertiary/aromatic N) is 1. The first-order valence-corrected chi connectivity index (χ1v) is 9.52. The van der Waals surface area contributed by atoms with E-state index >= 15 is 0 Å². The van der Waals surface area contributed by atoms with E-state index in [4.69, 9.17) is 0 Å². The zero-order valence-corrected chi connectivity index (χ0v) is 15.9. The highest BCUT2D eigenvalue weighted by atomic mass is 16.4. The Bertz CT molecular complexity index is 1110. The summed E-state index contributed by atoms with van der Waals surface area (Å²) in [6, 6.07) is 26.8. The molecule has 0 fully saturated rings. The largest absolute Gasteiger partial charge is 0.481 e. The van der Waals surface area contributed by atoms with Crippen LogP contribution in [-0.4, -0.2) is 15.6 Å². The monoisotopic (exact) mass is 369 g/mol. The number of para-hydroxylation sites is 1. The van der Waals surface area contributed by atoms with Gasteiger partial charge in [0.05, 0.1) is 6.42 Å². The first-order valence-electron chi connectivity index (χ1n) is 9.52. The molecule has 4 rings (SSSR count). The first kappa shape index (κ1) is 18.1. The molecule has 0 bridgehead atoms. The predicted molar refractivity (Wildman–Crippen MR) is 113 cm³/mol. The fraction of sp³-hybridized carbons (Fsp3) is 0.160. The second kappa shape index (κ2) is 7.73. The molecule has 1 N–H and O–H groups in total. The van der Waals surface area contributed by atoms with Gasteiger partial charge in [-0.15, -0.1) is 0 Å². The molecule has 0 spiro atoms. The van der Waals surface area contributed by atoms with Crippen molar-refractivity contribution < 1.29 is 9.90 Å². The fourth-order valence-corrected chi connectivity index (χ4v) is 3.93. The highest BCUT2D eigenvalue weighted by Crippen LogP contribution is 2.35. The van der Waals surface area contributed by atoms with Crippen LogP contribution in [0.4, 0.5) is 0 Å². The van der Waals surface area contributed by atoms with Crippen molar-refractivity contribution in [2.45, 2.75) is 25.8 Å². The zero-order chi connectivity index (χ0) is 19.5. The predicted octanol–water partition coefficient (Wildman–Crippen LogP) is 5.60. The third kappa shape index (κ3) is 3.70. The van der Waals surface area contributed by atoms with Crippen LogP contribution in [0.15, 0.2) is 85.1 Å². The molecule has 0 aliphatic carbocycles. The lowest BCUT2D eigenvalue weighted by molar-refractivity contribution is -0.137. The quantitative estimate of drug-likeness (QED) is 0.480. The summed E-state index contributed by atoms with van der Waals surface area (Å²) in [6.07, 6.45) is 2.20. The lowest BCUT2D eigenvalue weighted by Gasteiger charge is -2.16. The summed E-state index contributed by atoms with van der Waals surface area (Å²) in [5, 5.41) is 10.7. The highest BCUT2D eigenvalue weighted by molar-refractivity contribution is 5.86.